The molecule has 0 spiro atoms. The maximum Gasteiger partial charge on any atom is 0.411 e. The van der Waals surface area contributed by atoms with Gasteiger partial charge >= 0.3 is 6.18 Å². The van der Waals surface area contributed by atoms with Crippen LogP contribution in [0.3, 0.4) is 0 Å². The van der Waals surface area contributed by atoms with Crippen LogP contribution in [0.2, 0.25) is 0 Å². The molecule has 0 radical (unpaired) electrons. The summed E-state index contributed by atoms with van der Waals surface area (Å²) in [5.74, 6) is 1.00. The first-order valence-corrected chi connectivity index (χ1v) is 6.32. The van der Waals surface area contributed by atoms with E-state index in [0.717, 1.165) is 25.7 Å². The van der Waals surface area contributed by atoms with Crippen molar-refractivity contribution in [2.24, 2.45) is 17.6 Å². The number of hydrogen-bond acceptors (Lipinski definition) is 2. The monoisotopic (exact) mass is 253 g/mol. The number of ether oxygens (including phenoxy) is 1. The molecule has 3 atom stereocenters. The minimum absolute atomic E-state index is 0.132. The molecule has 1 fully saturated rings. The van der Waals surface area contributed by atoms with Crippen molar-refractivity contribution < 1.29 is 17.9 Å². The summed E-state index contributed by atoms with van der Waals surface area (Å²) in [6.45, 7) is 1.17. The normalized spacial score (nSPS) is 30.5. The highest BCUT2D eigenvalue weighted by atomic mass is 19.4. The number of rotatable bonds is 5. The van der Waals surface area contributed by atoms with Crippen molar-refractivity contribution in [2.75, 3.05) is 13.2 Å². The molecule has 0 aromatic rings. The van der Waals surface area contributed by atoms with E-state index in [1.165, 1.54) is 0 Å². The maximum absolute atomic E-state index is 11.9. The van der Waals surface area contributed by atoms with Gasteiger partial charge in [0.2, 0.25) is 0 Å². The van der Waals surface area contributed by atoms with Gasteiger partial charge in [-0.3, -0.25) is 0 Å². The lowest BCUT2D eigenvalue weighted by Crippen LogP contribution is -2.36. The lowest BCUT2D eigenvalue weighted by Gasteiger charge is -2.33. The van der Waals surface area contributed by atoms with Crippen LogP contribution in [0.15, 0.2) is 0 Å². The van der Waals surface area contributed by atoms with Crippen LogP contribution in [0.5, 0.6) is 0 Å². The highest BCUT2D eigenvalue weighted by Gasteiger charge is 2.29. The van der Waals surface area contributed by atoms with E-state index in [9.17, 15) is 13.2 Å². The molecule has 0 amide bonds. The number of hydrogen-bond donors (Lipinski definition) is 1. The number of alkyl halides is 3. The topological polar surface area (TPSA) is 35.2 Å². The van der Waals surface area contributed by atoms with E-state index in [1.807, 2.05) is 0 Å². The summed E-state index contributed by atoms with van der Waals surface area (Å²) in [6.07, 6.45) is 0.730. The third-order valence-electron chi connectivity index (χ3n) is 3.63. The van der Waals surface area contributed by atoms with Gasteiger partial charge in [-0.05, 0) is 37.5 Å². The summed E-state index contributed by atoms with van der Waals surface area (Å²) < 4.78 is 40.2. The van der Waals surface area contributed by atoms with Gasteiger partial charge < -0.3 is 10.5 Å². The molecule has 1 rings (SSSR count). The smallest absolute Gasteiger partial charge is 0.372 e. The Morgan fingerprint density at radius 2 is 2.00 bits per heavy atom. The highest BCUT2D eigenvalue weighted by Crippen LogP contribution is 2.32. The summed E-state index contributed by atoms with van der Waals surface area (Å²) in [5.41, 5.74) is 5.99. The third kappa shape index (κ3) is 5.73. The molecule has 1 saturated carbocycles. The standard InChI is InChI=1S/C12H22F3NO/c1-2-9-3-4-11(16)10(7-9)5-6-17-8-12(13,14)15/h9-11H,2-8,16H2,1H3. The van der Waals surface area contributed by atoms with E-state index in [-0.39, 0.29) is 12.6 Å². The maximum atomic E-state index is 11.9. The molecule has 0 aromatic carbocycles. The van der Waals surface area contributed by atoms with Gasteiger partial charge in [-0.2, -0.15) is 13.2 Å². The fourth-order valence-corrected chi connectivity index (χ4v) is 2.51. The van der Waals surface area contributed by atoms with Crippen LogP contribution in [-0.4, -0.2) is 25.4 Å². The Balaban J connectivity index is 2.20. The molecule has 3 unspecified atom stereocenters. The van der Waals surface area contributed by atoms with E-state index in [0.29, 0.717) is 18.3 Å². The molecule has 1 aliphatic carbocycles. The van der Waals surface area contributed by atoms with Crippen molar-refractivity contribution in [1.82, 2.24) is 0 Å². The summed E-state index contributed by atoms with van der Waals surface area (Å²) in [5, 5.41) is 0. The molecule has 2 nitrogen and oxygen atoms in total. The van der Waals surface area contributed by atoms with Crippen molar-refractivity contribution in [3.63, 3.8) is 0 Å². The summed E-state index contributed by atoms with van der Waals surface area (Å²) >= 11 is 0. The molecule has 5 heteroatoms. The average Bonchev–Trinajstić information content (AvgIpc) is 2.25. The molecule has 0 saturated heterocycles. The molecular formula is C12H22F3NO. The number of halogens is 3. The Morgan fingerprint density at radius 1 is 1.29 bits per heavy atom. The molecule has 0 aromatic heterocycles. The number of nitrogens with two attached hydrogens (primary N) is 1. The first-order valence-electron chi connectivity index (χ1n) is 6.32. The molecule has 1 aliphatic rings. The van der Waals surface area contributed by atoms with Crippen LogP contribution in [0.25, 0.3) is 0 Å². The van der Waals surface area contributed by atoms with Crippen LogP contribution in [0, 0.1) is 11.8 Å². The predicted molar refractivity (Wildman–Crippen MR) is 60.6 cm³/mol. The molecule has 17 heavy (non-hydrogen) atoms. The van der Waals surface area contributed by atoms with Crippen molar-refractivity contribution in [3.05, 3.63) is 0 Å². The Hall–Kier alpha value is -0.290. The molecule has 0 bridgehead atoms. The zero-order valence-electron chi connectivity index (χ0n) is 10.3. The van der Waals surface area contributed by atoms with Crippen molar-refractivity contribution in [2.45, 2.75) is 51.2 Å². The predicted octanol–water partition coefficient (Wildman–Crippen LogP) is 3.11. The van der Waals surface area contributed by atoms with Gasteiger partial charge in [-0.25, -0.2) is 0 Å². The fourth-order valence-electron chi connectivity index (χ4n) is 2.51. The zero-order valence-corrected chi connectivity index (χ0v) is 10.3. The average molecular weight is 253 g/mol. The van der Waals surface area contributed by atoms with Gasteiger partial charge in [0.25, 0.3) is 0 Å². The highest BCUT2D eigenvalue weighted by molar-refractivity contribution is 4.81. The largest absolute Gasteiger partial charge is 0.411 e. The minimum Gasteiger partial charge on any atom is -0.372 e. The van der Waals surface area contributed by atoms with Crippen LogP contribution >= 0.6 is 0 Å². The second-order valence-electron chi connectivity index (χ2n) is 4.97. The van der Waals surface area contributed by atoms with E-state index in [2.05, 4.69) is 11.7 Å². The van der Waals surface area contributed by atoms with Gasteiger partial charge in [0.1, 0.15) is 6.61 Å². The quantitative estimate of drug-likeness (QED) is 0.764. The fraction of sp³-hybridized carbons (Fsp3) is 1.00. The SMILES string of the molecule is CCC1CCC(N)C(CCOCC(F)(F)F)C1. The first-order chi connectivity index (χ1) is 7.92. The summed E-state index contributed by atoms with van der Waals surface area (Å²) in [4.78, 5) is 0. The van der Waals surface area contributed by atoms with Crippen LogP contribution in [-0.2, 0) is 4.74 Å². The van der Waals surface area contributed by atoms with E-state index < -0.39 is 12.8 Å². The first kappa shape index (κ1) is 14.8. The summed E-state index contributed by atoms with van der Waals surface area (Å²) in [7, 11) is 0. The van der Waals surface area contributed by atoms with Gasteiger partial charge in [0.05, 0.1) is 0 Å². The zero-order chi connectivity index (χ0) is 12.9. The second-order valence-corrected chi connectivity index (χ2v) is 4.97. The van der Waals surface area contributed by atoms with E-state index >= 15 is 0 Å². The molecule has 102 valence electrons. The van der Waals surface area contributed by atoms with Crippen LogP contribution < -0.4 is 5.73 Å². The Morgan fingerprint density at radius 3 is 2.59 bits per heavy atom. The van der Waals surface area contributed by atoms with Crippen molar-refractivity contribution >= 4 is 0 Å². The Kier molecular flexibility index (Phi) is 5.73. The lowest BCUT2D eigenvalue weighted by atomic mass is 9.76. The molecule has 2 N–H and O–H groups in total. The lowest BCUT2D eigenvalue weighted by molar-refractivity contribution is -0.174. The minimum atomic E-state index is -4.22. The Bertz CT molecular complexity index is 220. The van der Waals surface area contributed by atoms with E-state index in [4.69, 9.17) is 5.73 Å². The summed E-state index contributed by atoms with van der Waals surface area (Å²) in [6, 6.07) is 0.132. The van der Waals surface area contributed by atoms with Crippen LogP contribution in [0.1, 0.15) is 39.0 Å². The molecule has 0 aliphatic heterocycles. The van der Waals surface area contributed by atoms with Crippen molar-refractivity contribution in [1.29, 1.82) is 0 Å². The van der Waals surface area contributed by atoms with E-state index in [1.54, 1.807) is 0 Å². The molecular weight excluding hydrogens is 231 g/mol. The Labute approximate surface area is 101 Å². The van der Waals surface area contributed by atoms with Crippen LogP contribution in [0.4, 0.5) is 13.2 Å². The van der Waals surface area contributed by atoms with Gasteiger partial charge in [0.15, 0.2) is 0 Å². The van der Waals surface area contributed by atoms with Gasteiger partial charge in [-0.15, -0.1) is 0 Å². The van der Waals surface area contributed by atoms with Crippen molar-refractivity contribution in [3.8, 4) is 0 Å². The van der Waals surface area contributed by atoms with Gasteiger partial charge in [0, 0.05) is 12.6 Å². The van der Waals surface area contributed by atoms with Gasteiger partial charge in [-0.1, -0.05) is 13.3 Å². The molecule has 0 heterocycles. The second kappa shape index (κ2) is 6.59. The third-order valence-corrected chi connectivity index (χ3v) is 3.63.